The zero-order valence-corrected chi connectivity index (χ0v) is 10.2. The smallest absolute Gasteiger partial charge is 0.341 e. The van der Waals surface area contributed by atoms with Gasteiger partial charge >= 0.3 is 5.97 Å². The summed E-state index contributed by atoms with van der Waals surface area (Å²) in [5.74, 6) is -1.11. The van der Waals surface area contributed by atoms with Gasteiger partial charge in [-0.3, -0.25) is 4.98 Å². The van der Waals surface area contributed by atoms with E-state index >= 15 is 0 Å². The molecule has 7 heteroatoms. The van der Waals surface area contributed by atoms with E-state index in [-0.39, 0.29) is 29.2 Å². The molecule has 1 aromatic heterocycles. The molecule has 0 aromatic carbocycles. The number of alkyl halides is 3. The van der Waals surface area contributed by atoms with Gasteiger partial charge in [-0.15, -0.1) is 11.6 Å². The first-order chi connectivity index (χ1) is 8.56. The van der Waals surface area contributed by atoms with Crippen molar-refractivity contribution >= 4 is 17.6 Å². The highest BCUT2D eigenvalue weighted by Gasteiger charge is 2.23. The zero-order valence-electron chi connectivity index (χ0n) is 9.41. The summed E-state index contributed by atoms with van der Waals surface area (Å²) in [5, 5.41) is 8.96. The molecule has 0 bridgehead atoms. The minimum atomic E-state index is -2.86. The van der Waals surface area contributed by atoms with Crippen molar-refractivity contribution in [2.45, 2.75) is 19.2 Å². The largest absolute Gasteiger partial charge is 0.462 e. The second kappa shape index (κ2) is 6.26. The van der Waals surface area contributed by atoms with E-state index in [1.807, 2.05) is 0 Å². The Bertz CT molecular complexity index is 501. The average molecular weight is 275 g/mol. The van der Waals surface area contributed by atoms with Crippen LogP contribution < -0.4 is 0 Å². The summed E-state index contributed by atoms with van der Waals surface area (Å²) in [6, 6.07) is 1.69. The molecular weight excluding hydrogens is 266 g/mol. The van der Waals surface area contributed by atoms with E-state index in [0.717, 1.165) is 6.20 Å². The number of pyridine rings is 1. The highest BCUT2D eigenvalue weighted by Crippen LogP contribution is 2.26. The van der Waals surface area contributed by atoms with Crippen LogP contribution in [0.2, 0.25) is 0 Å². The van der Waals surface area contributed by atoms with E-state index in [2.05, 4.69) is 4.98 Å². The van der Waals surface area contributed by atoms with Crippen molar-refractivity contribution in [1.29, 1.82) is 5.26 Å². The van der Waals surface area contributed by atoms with Crippen LogP contribution in [0.15, 0.2) is 6.20 Å². The summed E-state index contributed by atoms with van der Waals surface area (Å²) in [7, 11) is 0. The number of carbonyl (C=O) groups is 1. The lowest BCUT2D eigenvalue weighted by atomic mass is 10.0. The number of nitriles is 1. The number of rotatable bonds is 4. The molecule has 0 radical (unpaired) electrons. The fourth-order valence-electron chi connectivity index (χ4n) is 1.38. The molecule has 0 aliphatic heterocycles. The second-order valence-electron chi connectivity index (χ2n) is 3.18. The molecule has 0 saturated carbocycles. The van der Waals surface area contributed by atoms with Crippen molar-refractivity contribution < 1.29 is 18.3 Å². The van der Waals surface area contributed by atoms with E-state index in [1.54, 1.807) is 13.0 Å². The third-order valence-electron chi connectivity index (χ3n) is 2.16. The van der Waals surface area contributed by atoms with E-state index in [1.165, 1.54) is 0 Å². The molecular formula is C11H9ClF2N2O2. The molecule has 0 amide bonds. The number of aromatic nitrogens is 1. The van der Waals surface area contributed by atoms with Crippen LogP contribution in [0.4, 0.5) is 8.78 Å². The van der Waals surface area contributed by atoms with Gasteiger partial charge in [-0.25, -0.2) is 13.6 Å². The van der Waals surface area contributed by atoms with Gasteiger partial charge in [0.1, 0.15) is 11.8 Å². The number of hydrogen-bond acceptors (Lipinski definition) is 4. The molecule has 4 nitrogen and oxygen atoms in total. The summed E-state index contributed by atoms with van der Waals surface area (Å²) in [6.45, 7) is 1.70. The Morgan fingerprint density at radius 2 is 2.33 bits per heavy atom. The van der Waals surface area contributed by atoms with E-state index in [0.29, 0.717) is 0 Å². The molecule has 96 valence electrons. The fourth-order valence-corrected chi connectivity index (χ4v) is 1.65. The van der Waals surface area contributed by atoms with E-state index in [4.69, 9.17) is 21.6 Å². The molecule has 1 heterocycles. The van der Waals surface area contributed by atoms with Crippen LogP contribution in [-0.4, -0.2) is 17.6 Å². The number of carbonyl (C=O) groups excluding carboxylic acids is 1. The summed E-state index contributed by atoms with van der Waals surface area (Å²) in [6.07, 6.45) is -1.95. The van der Waals surface area contributed by atoms with Crippen molar-refractivity contribution in [3.05, 3.63) is 28.6 Å². The lowest BCUT2D eigenvalue weighted by molar-refractivity contribution is 0.0524. The van der Waals surface area contributed by atoms with Crippen LogP contribution in [0.5, 0.6) is 0 Å². The summed E-state index contributed by atoms with van der Waals surface area (Å²) >= 11 is 5.54. The topological polar surface area (TPSA) is 63.0 Å². The van der Waals surface area contributed by atoms with Gasteiger partial charge in [-0.05, 0) is 6.92 Å². The maximum atomic E-state index is 12.7. The van der Waals surface area contributed by atoms with Gasteiger partial charge in [0.2, 0.25) is 0 Å². The lowest BCUT2D eigenvalue weighted by Gasteiger charge is -2.10. The Kier molecular flexibility index (Phi) is 4.98. The first-order valence-corrected chi connectivity index (χ1v) is 5.53. The molecule has 1 rings (SSSR count). The minimum Gasteiger partial charge on any atom is -0.462 e. The molecule has 0 aliphatic rings. The van der Waals surface area contributed by atoms with Gasteiger partial charge in [-0.1, -0.05) is 0 Å². The number of nitrogens with zero attached hydrogens (tertiary/aromatic N) is 2. The average Bonchev–Trinajstić information content (AvgIpc) is 2.36. The Morgan fingerprint density at radius 3 is 2.78 bits per heavy atom. The Balaban J connectivity index is 3.40. The SMILES string of the molecule is CCOC(=O)c1cnc(C(F)F)c(CCl)c1C#N. The van der Waals surface area contributed by atoms with Crippen LogP contribution in [-0.2, 0) is 10.6 Å². The van der Waals surface area contributed by atoms with Crippen molar-refractivity contribution in [2.75, 3.05) is 6.61 Å². The molecule has 0 spiro atoms. The van der Waals surface area contributed by atoms with Crippen molar-refractivity contribution in [3.63, 3.8) is 0 Å². The maximum Gasteiger partial charge on any atom is 0.341 e. The standard InChI is InChI=1S/C11H9ClF2N2O2/c1-2-18-11(17)8-5-16-9(10(13)14)6(3-12)7(8)4-15/h5,10H,2-3H2,1H3. The van der Waals surface area contributed by atoms with Crippen LogP contribution in [0, 0.1) is 11.3 Å². The van der Waals surface area contributed by atoms with Gasteiger partial charge in [0.25, 0.3) is 6.43 Å². The third-order valence-corrected chi connectivity index (χ3v) is 2.43. The quantitative estimate of drug-likeness (QED) is 0.625. The monoisotopic (exact) mass is 274 g/mol. The Morgan fingerprint density at radius 1 is 1.67 bits per heavy atom. The molecule has 0 saturated heterocycles. The number of halogens is 3. The molecule has 0 N–H and O–H groups in total. The normalized spacial score (nSPS) is 10.2. The molecule has 0 atom stereocenters. The van der Waals surface area contributed by atoms with Gasteiger partial charge in [0.05, 0.1) is 23.6 Å². The molecule has 0 aliphatic carbocycles. The van der Waals surface area contributed by atoms with Gasteiger partial charge in [0, 0.05) is 11.8 Å². The number of ether oxygens (including phenoxy) is 1. The fraction of sp³-hybridized carbons (Fsp3) is 0.364. The van der Waals surface area contributed by atoms with Gasteiger partial charge in [0.15, 0.2) is 0 Å². The first kappa shape index (κ1) is 14.3. The van der Waals surface area contributed by atoms with Crippen LogP contribution >= 0.6 is 11.6 Å². The summed E-state index contributed by atoms with van der Waals surface area (Å²) < 4.78 is 30.0. The summed E-state index contributed by atoms with van der Waals surface area (Å²) in [5.41, 5.74) is -1.09. The van der Waals surface area contributed by atoms with Crippen molar-refractivity contribution in [2.24, 2.45) is 0 Å². The van der Waals surface area contributed by atoms with Crippen LogP contribution in [0.1, 0.15) is 40.5 Å². The molecule has 0 fully saturated rings. The molecule has 0 unspecified atom stereocenters. The highest BCUT2D eigenvalue weighted by atomic mass is 35.5. The summed E-state index contributed by atoms with van der Waals surface area (Å²) in [4.78, 5) is 15.0. The highest BCUT2D eigenvalue weighted by molar-refractivity contribution is 6.17. The van der Waals surface area contributed by atoms with Crippen molar-refractivity contribution in [1.82, 2.24) is 4.98 Å². The maximum absolute atomic E-state index is 12.7. The molecule has 18 heavy (non-hydrogen) atoms. The predicted molar refractivity (Wildman–Crippen MR) is 59.4 cm³/mol. The second-order valence-corrected chi connectivity index (χ2v) is 3.44. The minimum absolute atomic E-state index is 0.108. The van der Waals surface area contributed by atoms with E-state index < -0.39 is 18.1 Å². The number of hydrogen-bond donors (Lipinski definition) is 0. The van der Waals surface area contributed by atoms with Gasteiger partial charge < -0.3 is 4.74 Å². The van der Waals surface area contributed by atoms with Crippen LogP contribution in [0.25, 0.3) is 0 Å². The molecule has 1 aromatic rings. The van der Waals surface area contributed by atoms with Gasteiger partial charge in [-0.2, -0.15) is 5.26 Å². The first-order valence-electron chi connectivity index (χ1n) is 4.99. The third kappa shape index (κ3) is 2.74. The lowest BCUT2D eigenvalue weighted by Crippen LogP contribution is -2.11. The number of esters is 1. The van der Waals surface area contributed by atoms with Crippen LogP contribution in [0.3, 0.4) is 0 Å². The Hall–Kier alpha value is -1.74. The zero-order chi connectivity index (χ0) is 13.7. The van der Waals surface area contributed by atoms with E-state index in [9.17, 15) is 13.6 Å². The Labute approximate surface area is 107 Å². The van der Waals surface area contributed by atoms with Crippen molar-refractivity contribution in [3.8, 4) is 6.07 Å². The predicted octanol–water partition coefficient (Wildman–Crippen LogP) is 2.81.